The Morgan fingerprint density at radius 3 is 2.17 bits per heavy atom. The van der Waals surface area contributed by atoms with Crippen molar-refractivity contribution in [3.8, 4) is 11.3 Å². The normalized spacial score (nSPS) is 11.1. The Labute approximate surface area is 203 Å². The summed E-state index contributed by atoms with van der Waals surface area (Å²) in [7, 11) is 0. The van der Waals surface area contributed by atoms with Gasteiger partial charge in [0, 0.05) is 48.8 Å². The number of benzene rings is 2. The predicted molar refractivity (Wildman–Crippen MR) is 135 cm³/mol. The first-order valence-electron chi connectivity index (χ1n) is 11.6. The Kier molecular flexibility index (Phi) is 7.07. The number of hydrazine groups is 1. The lowest BCUT2D eigenvalue weighted by Gasteiger charge is -2.32. The van der Waals surface area contributed by atoms with E-state index in [2.05, 4.69) is 15.3 Å². The molecule has 0 radical (unpaired) electrons. The molecule has 0 saturated carbocycles. The summed E-state index contributed by atoms with van der Waals surface area (Å²) in [6.45, 7) is 8.17. The average Bonchev–Trinajstić information content (AvgIpc) is 3.38. The lowest BCUT2D eigenvalue weighted by molar-refractivity contribution is -0.00114. The van der Waals surface area contributed by atoms with Crippen LogP contribution in [0.4, 0.5) is 11.5 Å². The Morgan fingerprint density at radius 2 is 1.57 bits per heavy atom. The summed E-state index contributed by atoms with van der Waals surface area (Å²) < 4.78 is 1.90. The van der Waals surface area contributed by atoms with Gasteiger partial charge < -0.3 is 10.4 Å². The Morgan fingerprint density at radius 1 is 0.914 bits per heavy atom. The molecule has 2 N–H and O–H groups in total. The molecule has 0 spiro atoms. The number of carboxylic acid groups (broad SMARTS) is 1. The topological polar surface area (TPSA) is 103 Å². The molecule has 0 atom stereocenters. The van der Waals surface area contributed by atoms with Gasteiger partial charge in [-0.3, -0.25) is 14.2 Å². The van der Waals surface area contributed by atoms with Crippen molar-refractivity contribution >= 4 is 29.0 Å². The molecule has 2 aromatic carbocycles. The molecule has 4 aromatic rings. The Balaban J connectivity index is 1.57. The average molecular weight is 473 g/mol. The van der Waals surface area contributed by atoms with Crippen molar-refractivity contribution in [2.75, 3.05) is 25.0 Å². The third-order valence-electron chi connectivity index (χ3n) is 5.86. The zero-order chi connectivity index (χ0) is 24.9. The van der Waals surface area contributed by atoms with E-state index >= 15 is 0 Å². The summed E-state index contributed by atoms with van der Waals surface area (Å²) in [6, 6.07) is 13.9. The van der Waals surface area contributed by atoms with E-state index in [-0.39, 0.29) is 11.5 Å². The summed E-state index contributed by atoms with van der Waals surface area (Å²) in [5, 5.41) is 16.2. The van der Waals surface area contributed by atoms with Crippen LogP contribution in [0, 0.1) is 0 Å². The molecule has 35 heavy (non-hydrogen) atoms. The molecule has 0 aliphatic rings. The number of imidazole rings is 1. The number of hydrogen-bond donors (Lipinski definition) is 2. The highest BCUT2D eigenvalue weighted by Crippen LogP contribution is 2.26. The lowest BCUT2D eigenvalue weighted by atomic mass is 10.1. The van der Waals surface area contributed by atoms with E-state index in [9.17, 15) is 9.59 Å². The molecular formula is C26H28N6O3. The Bertz CT molecular complexity index is 1330. The van der Waals surface area contributed by atoms with Gasteiger partial charge in [0.05, 0.1) is 17.5 Å². The van der Waals surface area contributed by atoms with Gasteiger partial charge in [-0.1, -0.05) is 26.0 Å². The summed E-state index contributed by atoms with van der Waals surface area (Å²) in [5.74, 6) is -0.432. The fraction of sp³-hybridized carbons (Fsp3) is 0.231. The van der Waals surface area contributed by atoms with Crippen LogP contribution in [-0.4, -0.2) is 61.0 Å². The van der Waals surface area contributed by atoms with Crippen molar-refractivity contribution in [3.63, 3.8) is 0 Å². The van der Waals surface area contributed by atoms with Gasteiger partial charge in [-0.05, 0) is 43.3 Å². The van der Waals surface area contributed by atoms with Gasteiger partial charge in [0.25, 0.3) is 5.91 Å². The summed E-state index contributed by atoms with van der Waals surface area (Å²) in [4.78, 5) is 33.1. The van der Waals surface area contributed by atoms with Gasteiger partial charge in [0.2, 0.25) is 0 Å². The summed E-state index contributed by atoms with van der Waals surface area (Å²) >= 11 is 0. The van der Waals surface area contributed by atoms with Crippen LogP contribution < -0.4 is 5.32 Å². The van der Waals surface area contributed by atoms with Crippen LogP contribution in [0.15, 0.2) is 67.1 Å². The molecule has 4 rings (SSSR count). The highest BCUT2D eigenvalue weighted by molar-refractivity contribution is 5.94. The largest absolute Gasteiger partial charge is 0.478 e. The number of aromatic nitrogens is 3. The van der Waals surface area contributed by atoms with Crippen LogP contribution in [0.5, 0.6) is 0 Å². The Hall–Kier alpha value is -4.24. The van der Waals surface area contributed by atoms with Crippen molar-refractivity contribution in [1.29, 1.82) is 0 Å². The molecule has 2 aromatic heterocycles. The highest BCUT2D eigenvalue weighted by atomic mass is 16.4. The van der Waals surface area contributed by atoms with Crippen molar-refractivity contribution in [2.24, 2.45) is 0 Å². The first-order chi connectivity index (χ1) is 17.0. The van der Waals surface area contributed by atoms with Crippen molar-refractivity contribution < 1.29 is 14.7 Å². The molecular weight excluding hydrogens is 444 g/mol. The quantitative estimate of drug-likeness (QED) is 0.344. The van der Waals surface area contributed by atoms with E-state index in [1.54, 1.807) is 53.8 Å². The summed E-state index contributed by atoms with van der Waals surface area (Å²) in [5.41, 5.74) is 3.86. The molecule has 1 amide bonds. The molecule has 0 bridgehead atoms. The second-order valence-electron chi connectivity index (χ2n) is 7.86. The smallest absolute Gasteiger partial charge is 0.335 e. The van der Waals surface area contributed by atoms with Gasteiger partial charge in [-0.2, -0.15) is 0 Å². The van der Waals surface area contributed by atoms with Gasteiger partial charge in [0.1, 0.15) is 0 Å². The number of carbonyl (C=O) groups is 2. The number of aromatic carboxylic acids is 1. The highest BCUT2D eigenvalue weighted by Gasteiger charge is 2.19. The van der Waals surface area contributed by atoms with Crippen molar-refractivity contribution in [3.05, 3.63) is 78.2 Å². The van der Waals surface area contributed by atoms with E-state index in [1.165, 1.54) is 0 Å². The monoisotopic (exact) mass is 472 g/mol. The zero-order valence-electron chi connectivity index (χ0n) is 20.0. The maximum atomic E-state index is 13.0. The third kappa shape index (κ3) is 4.85. The lowest BCUT2D eigenvalue weighted by Crippen LogP contribution is -2.46. The van der Waals surface area contributed by atoms with Gasteiger partial charge >= 0.3 is 5.97 Å². The second kappa shape index (κ2) is 10.4. The fourth-order valence-electron chi connectivity index (χ4n) is 4.02. The second-order valence-corrected chi connectivity index (χ2v) is 7.86. The molecule has 9 nitrogen and oxygen atoms in total. The van der Waals surface area contributed by atoms with Gasteiger partial charge in [0.15, 0.2) is 11.5 Å². The third-order valence-corrected chi connectivity index (χ3v) is 5.86. The number of carbonyl (C=O) groups excluding carboxylic acids is 1. The van der Waals surface area contributed by atoms with Gasteiger partial charge in [-0.25, -0.2) is 19.8 Å². The number of nitrogens with one attached hydrogen (secondary N) is 1. The van der Waals surface area contributed by atoms with E-state index in [1.807, 2.05) is 48.5 Å². The van der Waals surface area contributed by atoms with Crippen LogP contribution in [0.25, 0.3) is 16.9 Å². The first kappa shape index (κ1) is 23.9. The number of carboxylic acids is 1. The standard InChI is InChI=1S/C26H28N6O3/c1-4-30(5-2)32(6-3)25(33)19-11-13-21(14-12-19)29-23-24-27-15-16-31(24)22(17-28-23)18-7-9-20(10-8-18)26(34)35/h7-17H,4-6H2,1-3H3,(H,28,29)(H,34,35). The molecule has 180 valence electrons. The SMILES string of the molecule is CCN(CC)N(CC)C(=O)c1ccc(Nc2ncc(-c3ccc(C(=O)O)cc3)n3ccnc23)cc1. The molecule has 2 heterocycles. The van der Waals surface area contributed by atoms with Crippen LogP contribution >= 0.6 is 0 Å². The number of nitrogens with zero attached hydrogens (tertiary/aromatic N) is 5. The molecule has 0 aliphatic carbocycles. The minimum absolute atomic E-state index is 0.0326. The number of rotatable bonds is 9. The van der Waals surface area contributed by atoms with Crippen molar-refractivity contribution in [1.82, 2.24) is 24.4 Å². The minimum Gasteiger partial charge on any atom is -0.478 e. The fourth-order valence-corrected chi connectivity index (χ4v) is 4.02. The van der Waals surface area contributed by atoms with E-state index in [0.717, 1.165) is 30.0 Å². The molecule has 0 fully saturated rings. The van der Waals surface area contributed by atoms with Crippen LogP contribution in [-0.2, 0) is 0 Å². The van der Waals surface area contributed by atoms with Crippen LogP contribution in [0.1, 0.15) is 41.5 Å². The predicted octanol–water partition coefficient (Wildman–Crippen LogP) is 4.56. The van der Waals surface area contributed by atoms with Crippen LogP contribution in [0.2, 0.25) is 0 Å². The molecule has 0 saturated heterocycles. The molecule has 0 unspecified atom stereocenters. The zero-order valence-corrected chi connectivity index (χ0v) is 20.0. The maximum absolute atomic E-state index is 13.0. The number of amides is 1. The molecule has 0 aliphatic heterocycles. The number of anilines is 2. The summed E-state index contributed by atoms with van der Waals surface area (Å²) in [6.07, 6.45) is 5.23. The molecule has 9 heteroatoms. The number of fused-ring (bicyclic) bond motifs is 1. The van der Waals surface area contributed by atoms with E-state index in [4.69, 9.17) is 5.11 Å². The minimum atomic E-state index is -0.967. The first-order valence-corrected chi connectivity index (χ1v) is 11.6. The van der Waals surface area contributed by atoms with Gasteiger partial charge in [-0.15, -0.1) is 0 Å². The van der Waals surface area contributed by atoms with E-state index < -0.39 is 5.97 Å². The van der Waals surface area contributed by atoms with Crippen LogP contribution in [0.3, 0.4) is 0 Å². The van der Waals surface area contributed by atoms with E-state index in [0.29, 0.717) is 23.6 Å². The van der Waals surface area contributed by atoms with Crippen molar-refractivity contribution in [2.45, 2.75) is 20.8 Å². The number of hydrogen-bond acceptors (Lipinski definition) is 6. The maximum Gasteiger partial charge on any atom is 0.335 e.